The van der Waals surface area contributed by atoms with Crippen LogP contribution in [-0.4, -0.2) is 20.2 Å². The van der Waals surface area contributed by atoms with Gasteiger partial charge in [-0.1, -0.05) is 45.2 Å². The van der Waals surface area contributed by atoms with E-state index < -0.39 is 21.8 Å². The van der Waals surface area contributed by atoms with Crippen molar-refractivity contribution < 1.29 is 13.2 Å². The summed E-state index contributed by atoms with van der Waals surface area (Å²) in [5, 5.41) is -0.623. The molecule has 122 valence electrons. The van der Waals surface area contributed by atoms with Gasteiger partial charge in [-0.25, -0.2) is 8.42 Å². The summed E-state index contributed by atoms with van der Waals surface area (Å²) in [7, 11) is -4.13. The lowest BCUT2D eigenvalue weighted by atomic mass is 10.3. The van der Waals surface area contributed by atoms with Crippen molar-refractivity contribution in [2.45, 2.75) is 4.90 Å². The molecule has 0 saturated heterocycles. The molecule has 0 aliphatic heterocycles. The quantitative estimate of drug-likeness (QED) is 0.611. The van der Waals surface area contributed by atoms with Crippen LogP contribution in [0.15, 0.2) is 51.8 Å². The third-order valence-corrected chi connectivity index (χ3v) is 5.93. The Morgan fingerprint density at radius 2 is 1.83 bits per heavy atom. The Balaban J connectivity index is 2.62. The smallest absolute Gasteiger partial charge is 0.266 e. The molecular weight excluding hydrogens is 448 g/mol. The van der Waals surface area contributed by atoms with Crippen LogP contribution >= 0.6 is 50.7 Å². The molecule has 9 heteroatoms. The Labute approximate surface area is 157 Å². The zero-order chi connectivity index (χ0) is 17.2. The molecule has 0 saturated carbocycles. The highest BCUT2D eigenvalue weighted by Crippen LogP contribution is 2.31. The summed E-state index contributed by atoms with van der Waals surface area (Å²) in [5.41, 5.74) is 0.268. The fourth-order valence-electron chi connectivity index (χ4n) is 1.85. The first-order valence-corrected chi connectivity index (χ1v) is 9.50. The van der Waals surface area contributed by atoms with Gasteiger partial charge < -0.3 is 0 Å². The number of carbonyl (C=O) groups is 1. The predicted octanol–water partition coefficient (Wildman–Crippen LogP) is 4.72. The van der Waals surface area contributed by atoms with Crippen molar-refractivity contribution in [1.29, 1.82) is 0 Å². The Kier molecular flexibility index (Phi) is 5.97. The van der Waals surface area contributed by atoms with E-state index in [0.717, 1.165) is 4.31 Å². The molecule has 0 heterocycles. The summed E-state index contributed by atoms with van der Waals surface area (Å²) in [6.07, 6.45) is 0. The zero-order valence-electron chi connectivity index (χ0n) is 11.3. The molecule has 0 aromatic heterocycles. The van der Waals surface area contributed by atoms with Crippen molar-refractivity contribution in [3.63, 3.8) is 0 Å². The summed E-state index contributed by atoms with van der Waals surface area (Å²) in [4.78, 5) is 11.1. The second-order valence-corrected chi connectivity index (χ2v) is 8.43. The number of sulfonamides is 1. The highest BCUT2D eigenvalue weighted by molar-refractivity contribution is 9.10. The van der Waals surface area contributed by atoms with Crippen molar-refractivity contribution in [3.8, 4) is 0 Å². The number of hydrogen-bond acceptors (Lipinski definition) is 3. The van der Waals surface area contributed by atoms with Gasteiger partial charge in [0, 0.05) is 9.50 Å². The van der Waals surface area contributed by atoms with Crippen LogP contribution in [0.5, 0.6) is 0 Å². The fraction of sp³-hybridized carbons (Fsp3) is 0.0714. The highest BCUT2D eigenvalue weighted by Gasteiger charge is 2.29. The number of benzene rings is 2. The molecule has 0 bridgehead atoms. The molecule has 0 amide bonds. The topological polar surface area (TPSA) is 54.5 Å². The Morgan fingerprint density at radius 3 is 2.43 bits per heavy atom. The molecule has 4 nitrogen and oxygen atoms in total. The van der Waals surface area contributed by atoms with Gasteiger partial charge in [0.25, 0.3) is 10.0 Å². The van der Waals surface area contributed by atoms with E-state index in [0.29, 0.717) is 4.47 Å². The molecule has 0 aliphatic rings. The fourth-order valence-corrected chi connectivity index (χ4v) is 4.58. The van der Waals surface area contributed by atoms with Crippen molar-refractivity contribution in [3.05, 3.63) is 57.0 Å². The summed E-state index contributed by atoms with van der Waals surface area (Å²) in [5.74, 6) is 0. The van der Waals surface area contributed by atoms with E-state index in [-0.39, 0.29) is 20.6 Å². The summed E-state index contributed by atoms with van der Waals surface area (Å²) >= 11 is 20.5. The van der Waals surface area contributed by atoms with E-state index in [4.69, 9.17) is 34.8 Å². The van der Waals surface area contributed by atoms with Gasteiger partial charge in [-0.15, -0.1) is 0 Å². The maximum Gasteiger partial charge on any atom is 0.266 e. The van der Waals surface area contributed by atoms with Crippen molar-refractivity contribution >= 4 is 71.7 Å². The largest absolute Gasteiger partial charge is 0.279 e. The number of anilines is 1. The van der Waals surface area contributed by atoms with Crippen LogP contribution in [-0.2, 0) is 14.8 Å². The first-order valence-electron chi connectivity index (χ1n) is 6.13. The van der Waals surface area contributed by atoms with Crippen molar-refractivity contribution in [1.82, 2.24) is 0 Å². The highest BCUT2D eigenvalue weighted by atomic mass is 79.9. The molecule has 0 radical (unpaired) electrons. The van der Waals surface area contributed by atoms with Gasteiger partial charge in [0.15, 0.2) is 0 Å². The van der Waals surface area contributed by atoms with Crippen molar-refractivity contribution in [2.75, 3.05) is 10.8 Å². The van der Waals surface area contributed by atoms with E-state index in [1.54, 1.807) is 24.3 Å². The van der Waals surface area contributed by atoms with E-state index >= 15 is 0 Å². The minimum absolute atomic E-state index is 0.00332. The van der Waals surface area contributed by atoms with Gasteiger partial charge in [0.05, 0.1) is 10.7 Å². The molecule has 0 fully saturated rings. The third-order valence-electron chi connectivity index (χ3n) is 2.83. The Hall–Kier alpha value is -0.790. The lowest BCUT2D eigenvalue weighted by Gasteiger charge is -2.23. The van der Waals surface area contributed by atoms with E-state index in [1.807, 2.05) is 0 Å². The molecule has 0 spiro atoms. The normalized spacial score (nSPS) is 11.3. The molecule has 2 rings (SSSR count). The minimum atomic E-state index is -4.13. The van der Waals surface area contributed by atoms with Crippen LogP contribution < -0.4 is 4.31 Å². The first-order chi connectivity index (χ1) is 10.7. The van der Waals surface area contributed by atoms with E-state index in [2.05, 4.69) is 15.9 Å². The van der Waals surface area contributed by atoms with E-state index in [1.165, 1.54) is 18.2 Å². The maximum atomic E-state index is 12.9. The lowest BCUT2D eigenvalue weighted by molar-refractivity contribution is -0.110. The second-order valence-electron chi connectivity index (χ2n) is 4.42. The zero-order valence-corrected chi connectivity index (χ0v) is 16.0. The molecule has 0 N–H and O–H groups in total. The van der Waals surface area contributed by atoms with Crippen LogP contribution in [0.3, 0.4) is 0 Å². The molecule has 0 unspecified atom stereocenters. The number of hydrogen-bond donors (Lipinski definition) is 0. The van der Waals surface area contributed by atoms with Crippen LogP contribution in [0, 0.1) is 0 Å². The Morgan fingerprint density at radius 1 is 1.13 bits per heavy atom. The standard InChI is InChI=1S/C14H9BrCl3NO3S/c15-9-2-1-3-11(6-9)19(8-14(18)20)23(21,22)13-7-10(16)4-5-12(13)17/h1-7H,8H2. The first kappa shape index (κ1) is 18.5. The maximum absolute atomic E-state index is 12.9. The summed E-state index contributed by atoms with van der Waals surface area (Å²) in [6.45, 7) is -0.539. The monoisotopic (exact) mass is 455 g/mol. The minimum Gasteiger partial charge on any atom is -0.279 e. The van der Waals surface area contributed by atoms with Gasteiger partial charge >= 0.3 is 0 Å². The predicted molar refractivity (Wildman–Crippen MR) is 96.0 cm³/mol. The van der Waals surface area contributed by atoms with E-state index in [9.17, 15) is 13.2 Å². The number of rotatable bonds is 5. The van der Waals surface area contributed by atoms with Gasteiger partial charge in [0.1, 0.15) is 11.4 Å². The summed E-state index contributed by atoms with van der Waals surface area (Å²) < 4.78 is 27.3. The molecule has 0 atom stereocenters. The third kappa shape index (κ3) is 4.39. The molecule has 2 aromatic carbocycles. The molecule has 0 aliphatic carbocycles. The number of nitrogens with zero attached hydrogens (tertiary/aromatic N) is 1. The molecular formula is C14H9BrCl3NO3S. The molecule has 2 aromatic rings. The SMILES string of the molecule is O=C(Cl)CN(c1cccc(Br)c1)S(=O)(=O)c1cc(Cl)ccc1Cl. The van der Waals surface area contributed by atoms with Crippen molar-refractivity contribution in [2.24, 2.45) is 0 Å². The Bertz CT molecular complexity index is 858. The van der Waals surface area contributed by atoms with Crippen LogP contribution in [0.1, 0.15) is 0 Å². The van der Waals surface area contributed by atoms with Crippen LogP contribution in [0.4, 0.5) is 5.69 Å². The van der Waals surface area contributed by atoms with Gasteiger partial charge in [-0.05, 0) is 48.0 Å². The average Bonchev–Trinajstić information content (AvgIpc) is 2.47. The number of carbonyl (C=O) groups excluding carboxylic acids is 1. The number of halogens is 4. The van der Waals surface area contributed by atoms with Crippen LogP contribution in [0.2, 0.25) is 10.0 Å². The second kappa shape index (κ2) is 7.40. The average molecular weight is 458 g/mol. The van der Waals surface area contributed by atoms with Gasteiger partial charge in [0.2, 0.25) is 5.24 Å². The van der Waals surface area contributed by atoms with Gasteiger partial charge in [-0.3, -0.25) is 9.10 Å². The van der Waals surface area contributed by atoms with Crippen LogP contribution in [0.25, 0.3) is 0 Å². The lowest BCUT2D eigenvalue weighted by Crippen LogP contribution is -2.34. The van der Waals surface area contributed by atoms with Gasteiger partial charge in [-0.2, -0.15) is 0 Å². The molecule has 23 heavy (non-hydrogen) atoms. The summed E-state index contributed by atoms with van der Waals surface area (Å²) in [6, 6.07) is 10.5.